The zero-order valence-corrected chi connectivity index (χ0v) is 11.6. The van der Waals surface area contributed by atoms with Crippen molar-refractivity contribution >= 4 is 29.2 Å². The number of aromatic nitrogens is 1. The number of pyridine rings is 1. The third-order valence-electron chi connectivity index (χ3n) is 3.04. The molecule has 1 aromatic rings. The molecule has 104 valence electrons. The van der Waals surface area contributed by atoms with Crippen molar-refractivity contribution in [3.8, 4) is 0 Å². The van der Waals surface area contributed by atoms with Crippen LogP contribution in [0.5, 0.6) is 0 Å². The maximum atomic E-state index is 11.2. The van der Waals surface area contributed by atoms with Crippen LogP contribution in [-0.2, 0) is 0 Å². The lowest BCUT2D eigenvalue weighted by molar-refractivity contribution is 0.100. The van der Waals surface area contributed by atoms with E-state index in [9.17, 15) is 4.79 Å². The molecule has 2 rings (SSSR count). The molecule has 0 bridgehead atoms. The van der Waals surface area contributed by atoms with Crippen molar-refractivity contribution in [3.05, 3.63) is 17.8 Å². The Morgan fingerprint density at radius 2 is 2.21 bits per heavy atom. The van der Waals surface area contributed by atoms with Crippen molar-refractivity contribution in [2.24, 2.45) is 5.73 Å². The minimum atomic E-state index is -0.531. The van der Waals surface area contributed by atoms with Crippen molar-refractivity contribution < 1.29 is 4.79 Å². The van der Waals surface area contributed by atoms with Crippen LogP contribution in [-0.4, -0.2) is 53.5 Å². The molecule has 6 nitrogen and oxygen atoms in total. The van der Waals surface area contributed by atoms with Crippen LogP contribution >= 0.6 is 11.8 Å². The Morgan fingerprint density at radius 3 is 2.89 bits per heavy atom. The summed E-state index contributed by atoms with van der Waals surface area (Å²) in [5.41, 5.74) is 11.5. The minimum Gasteiger partial charge on any atom is -0.397 e. The number of hydrogen-bond donors (Lipinski definition) is 3. The van der Waals surface area contributed by atoms with Gasteiger partial charge in [0.1, 0.15) is 5.82 Å². The normalized spacial score (nSPS) is 16.2. The summed E-state index contributed by atoms with van der Waals surface area (Å²) in [7, 11) is 0. The lowest BCUT2D eigenvalue weighted by Gasteiger charge is -2.26. The van der Waals surface area contributed by atoms with Crippen molar-refractivity contribution in [2.45, 2.75) is 0 Å². The fourth-order valence-electron chi connectivity index (χ4n) is 1.94. The Kier molecular flexibility index (Phi) is 4.86. The first kappa shape index (κ1) is 14.0. The van der Waals surface area contributed by atoms with E-state index in [0.29, 0.717) is 17.1 Å². The van der Waals surface area contributed by atoms with Gasteiger partial charge in [0.2, 0.25) is 0 Å². The molecule has 5 N–H and O–H groups in total. The molecular formula is C12H19N5OS. The van der Waals surface area contributed by atoms with E-state index in [1.807, 2.05) is 11.8 Å². The van der Waals surface area contributed by atoms with Gasteiger partial charge in [-0.25, -0.2) is 4.98 Å². The Bertz CT molecular complexity index is 448. The highest BCUT2D eigenvalue weighted by atomic mass is 32.2. The van der Waals surface area contributed by atoms with Crippen molar-refractivity contribution in [1.29, 1.82) is 0 Å². The van der Waals surface area contributed by atoms with Gasteiger partial charge in [-0.05, 0) is 6.07 Å². The second-order valence-electron chi connectivity index (χ2n) is 4.40. The summed E-state index contributed by atoms with van der Waals surface area (Å²) in [5, 5.41) is 3.19. The van der Waals surface area contributed by atoms with Gasteiger partial charge in [0.25, 0.3) is 5.91 Å². The summed E-state index contributed by atoms with van der Waals surface area (Å²) in [6.07, 6.45) is 1.46. The number of primary amides is 1. The third kappa shape index (κ3) is 4.00. The zero-order valence-electron chi connectivity index (χ0n) is 10.8. The molecule has 1 amide bonds. The standard InChI is InChI=1S/C12H19N5OS/c13-10-8-16-11(7-9(10)12(14)18)15-1-2-17-3-5-19-6-4-17/h7-8H,1-6,13H2,(H2,14,18)(H,15,16). The number of nitrogen functional groups attached to an aromatic ring is 1. The van der Waals surface area contributed by atoms with Crippen LogP contribution in [0.15, 0.2) is 12.3 Å². The highest BCUT2D eigenvalue weighted by molar-refractivity contribution is 7.99. The molecule has 1 aromatic heterocycles. The maximum absolute atomic E-state index is 11.2. The fourth-order valence-corrected chi connectivity index (χ4v) is 2.92. The van der Waals surface area contributed by atoms with Gasteiger partial charge in [0.15, 0.2) is 0 Å². The summed E-state index contributed by atoms with van der Waals surface area (Å²) in [4.78, 5) is 17.7. The molecule has 0 unspecified atom stereocenters. The van der Waals surface area contributed by atoms with Gasteiger partial charge in [-0.3, -0.25) is 9.69 Å². The molecule has 1 aliphatic heterocycles. The number of nitrogens with two attached hydrogens (primary N) is 2. The van der Waals surface area contributed by atoms with Crippen molar-refractivity contribution in [1.82, 2.24) is 9.88 Å². The predicted octanol–water partition coefficient (Wildman–Crippen LogP) is 0.223. The van der Waals surface area contributed by atoms with Crippen LogP contribution in [0.4, 0.5) is 11.5 Å². The number of carbonyl (C=O) groups is 1. The number of thioether (sulfide) groups is 1. The molecule has 19 heavy (non-hydrogen) atoms. The second kappa shape index (κ2) is 6.63. The van der Waals surface area contributed by atoms with Crippen LogP contribution < -0.4 is 16.8 Å². The number of nitrogens with one attached hydrogen (secondary N) is 1. The number of amides is 1. The molecule has 0 saturated carbocycles. The first-order valence-electron chi connectivity index (χ1n) is 6.26. The number of anilines is 2. The van der Waals surface area contributed by atoms with Crippen LogP contribution in [0.1, 0.15) is 10.4 Å². The zero-order chi connectivity index (χ0) is 13.7. The molecule has 1 aliphatic rings. The van der Waals surface area contributed by atoms with Gasteiger partial charge in [0.05, 0.1) is 17.4 Å². The number of hydrogen-bond acceptors (Lipinski definition) is 6. The summed E-state index contributed by atoms with van der Waals surface area (Å²) < 4.78 is 0. The summed E-state index contributed by atoms with van der Waals surface area (Å²) in [6.45, 7) is 4.03. The second-order valence-corrected chi connectivity index (χ2v) is 5.63. The summed E-state index contributed by atoms with van der Waals surface area (Å²) in [5.74, 6) is 2.50. The Morgan fingerprint density at radius 1 is 1.47 bits per heavy atom. The van der Waals surface area contributed by atoms with Crippen LogP contribution in [0, 0.1) is 0 Å². The van der Waals surface area contributed by atoms with Gasteiger partial charge >= 0.3 is 0 Å². The molecule has 0 spiro atoms. The van der Waals surface area contributed by atoms with E-state index in [-0.39, 0.29) is 0 Å². The molecule has 7 heteroatoms. The minimum absolute atomic E-state index is 0.311. The molecule has 1 fully saturated rings. The number of nitrogens with zero attached hydrogens (tertiary/aromatic N) is 2. The SMILES string of the molecule is NC(=O)c1cc(NCCN2CCSCC2)ncc1N. The van der Waals surface area contributed by atoms with Crippen molar-refractivity contribution in [2.75, 3.05) is 48.7 Å². The van der Waals surface area contributed by atoms with Crippen LogP contribution in [0.25, 0.3) is 0 Å². The van der Waals surface area contributed by atoms with Gasteiger partial charge in [-0.15, -0.1) is 0 Å². The third-order valence-corrected chi connectivity index (χ3v) is 3.98. The van der Waals surface area contributed by atoms with E-state index in [1.165, 1.54) is 17.7 Å². The van der Waals surface area contributed by atoms with Gasteiger partial charge in [-0.1, -0.05) is 0 Å². The molecule has 1 saturated heterocycles. The topological polar surface area (TPSA) is 97.3 Å². The largest absolute Gasteiger partial charge is 0.397 e. The highest BCUT2D eigenvalue weighted by Crippen LogP contribution is 2.14. The quantitative estimate of drug-likeness (QED) is 0.714. The Labute approximate surface area is 116 Å². The summed E-state index contributed by atoms with van der Waals surface area (Å²) >= 11 is 2.00. The smallest absolute Gasteiger partial charge is 0.250 e. The Hall–Kier alpha value is -1.47. The molecule has 0 aromatic carbocycles. The average Bonchev–Trinajstić information content (AvgIpc) is 2.41. The molecule has 2 heterocycles. The van der Waals surface area contributed by atoms with E-state index in [1.54, 1.807) is 6.07 Å². The fraction of sp³-hybridized carbons (Fsp3) is 0.500. The first-order valence-corrected chi connectivity index (χ1v) is 7.41. The lowest BCUT2D eigenvalue weighted by Crippen LogP contribution is -2.36. The van der Waals surface area contributed by atoms with Gasteiger partial charge < -0.3 is 16.8 Å². The van der Waals surface area contributed by atoms with Crippen molar-refractivity contribution in [3.63, 3.8) is 0 Å². The molecule has 0 atom stereocenters. The lowest BCUT2D eigenvalue weighted by atomic mass is 10.2. The van der Waals surface area contributed by atoms with Crippen LogP contribution in [0.2, 0.25) is 0 Å². The van der Waals surface area contributed by atoms with Gasteiger partial charge in [-0.2, -0.15) is 11.8 Å². The number of rotatable bonds is 5. The average molecular weight is 281 g/mol. The highest BCUT2D eigenvalue weighted by Gasteiger charge is 2.10. The molecule has 0 aliphatic carbocycles. The predicted molar refractivity (Wildman–Crippen MR) is 79.4 cm³/mol. The molecular weight excluding hydrogens is 262 g/mol. The van der Waals surface area contributed by atoms with E-state index in [0.717, 1.165) is 26.2 Å². The maximum Gasteiger partial charge on any atom is 0.250 e. The molecule has 0 radical (unpaired) electrons. The van der Waals surface area contributed by atoms with Gasteiger partial charge in [0, 0.05) is 37.7 Å². The summed E-state index contributed by atoms with van der Waals surface area (Å²) in [6, 6.07) is 1.60. The van der Waals surface area contributed by atoms with E-state index < -0.39 is 5.91 Å². The number of carbonyl (C=O) groups excluding carboxylic acids is 1. The van der Waals surface area contributed by atoms with E-state index >= 15 is 0 Å². The van der Waals surface area contributed by atoms with E-state index in [4.69, 9.17) is 11.5 Å². The first-order chi connectivity index (χ1) is 9.16. The van der Waals surface area contributed by atoms with Crippen LogP contribution in [0.3, 0.4) is 0 Å². The van der Waals surface area contributed by atoms with E-state index in [2.05, 4.69) is 15.2 Å². The monoisotopic (exact) mass is 281 g/mol. The Balaban J connectivity index is 1.85.